The minimum Gasteiger partial charge on any atom is -0.480 e. The third-order valence-corrected chi connectivity index (χ3v) is 4.12. The number of rotatable bonds is 5. The Kier molecular flexibility index (Phi) is 4.82. The van der Waals surface area contributed by atoms with Crippen molar-refractivity contribution in [3.8, 4) is 0 Å². The van der Waals surface area contributed by atoms with Gasteiger partial charge in [-0.15, -0.1) is 0 Å². The molecule has 1 saturated carbocycles. The molecule has 0 saturated heterocycles. The van der Waals surface area contributed by atoms with E-state index in [1.807, 2.05) is 0 Å². The smallest absolute Gasteiger partial charge is 0.329 e. The standard InChI is InChI=1S/C14H22N4O3/c1-10-2-5-14(6-3-10,12(19)20)18-13(21)16-7-4-11-8-15-9-17-11/h8-10H,2-7H2,1H3,(H,15,17)(H,19,20)(H2,16,18,21). The number of carbonyl (C=O) groups is 2. The highest BCUT2D eigenvalue weighted by molar-refractivity contribution is 5.86. The fourth-order valence-electron chi connectivity index (χ4n) is 2.64. The molecule has 0 radical (unpaired) electrons. The number of hydrogen-bond acceptors (Lipinski definition) is 3. The van der Waals surface area contributed by atoms with Gasteiger partial charge in [0.1, 0.15) is 5.54 Å². The van der Waals surface area contributed by atoms with E-state index in [4.69, 9.17) is 0 Å². The summed E-state index contributed by atoms with van der Waals surface area (Å²) >= 11 is 0. The van der Waals surface area contributed by atoms with Crippen LogP contribution in [0.5, 0.6) is 0 Å². The van der Waals surface area contributed by atoms with Gasteiger partial charge in [0.25, 0.3) is 0 Å². The zero-order chi connectivity index (χ0) is 15.3. The Bertz CT molecular complexity index is 478. The first-order chi connectivity index (χ1) is 10.0. The van der Waals surface area contributed by atoms with Crippen molar-refractivity contribution in [3.63, 3.8) is 0 Å². The number of carboxylic acid groups (broad SMARTS) is 1. The summed E-state index contributed by atoms with van der Waals surface area (Å²) < 4.78 is 0. The number of imidazole rings is 1. The normalized spacial score (nSPS) is 25.3. The number of aromatic amines is 1. The molecule has 1 fully saturated rings. The van der Waals surface area contributed by atoms with Gasteiger partial charge in [-0.2, -0.15) is 0 Å². The number of aromatic nitrogens is 2. The highest BCUT2D eigenvalue weighted by Gasteiger charge is 2.42. The monoisotopic (exact) mass is 294 g/mol. The zero-order valence-electron chi connectivity index (χ0n) is 12.2. The number of nitrogens with zero attached hydrogens (tertiary/aromatic N) is 1. The molecular formula is C14H22N4O3. The van der Waals surface area contributed by atoms with Crippen molar-refractivity contribution in [2.45, 2.75) is 44.6 Å². The Morgan fingerprint density at radius 2 is 2.19 bits per heavy atom. The van der Waals surface area contributed by atoms with E-state index in [1.54, 1.807) is 12.5 Å². The van der Waals surface area contributed by atoms with Gasteiger partial charge in [-0.1, -0.05) is 6.92 Å². The van der Waals surface area contributed by atoms with Crippen LogP contribution in [0, 0.1) is 5.92 Å². The predicted molar refractivity (Wildman–Crippen MR) is 76.8 cm³/mol. The lowest BCUT2D eigenvalue weighted by molar-refractivity contribution is -0.146. The molecule has 0 aliphatic heterocycles. The average molecular weight is 294 g/mol. The maximum atomic E-state index is 11.9. The van der Waals surface area contributed by atoms with E-state index < -0.39 is 17.5 Å². The van der Waals surface area contributed by atoms with Crippen LogP contribution in [-0.2, 0) is 11.2 Å². The van der Waals surface area contributed by atoms with Crippen LogP contribution in [0.25, 0.3) is 0 Å². The van der Waals surface area contributed by atoms with Crippen LogP contribution >= 0.6 is 0 Å². The Hall–Kier alpha value is -2.05. The van der Waals surface area contributed by atoms with Crippen molar-refractivity contribution < 1.29 is 14.7 Å². The van der Waals surface area contributed by atoms with Crippen LogP contribution in [0.15, 0.2) is 12.5 Å². The Balaban J connectivity index is 1.82. The number of carboxylic acids is 1. The first kappa shape index (κ1) is 15.3. The van der Waals surface area contributed by atoms with Crippen LogP contribution in [-0.4, -0.2) is 39.2 Å². The summed E-state index contributed by atoms with van der Waals surface area (Å²) in [5, 5.41) is 14.8. The fourth-order valence-corrected chi connectivity index (χ4v) is 2.64. The Morgan fingerprint density at radius 1 is 1.48 bits per heavy atom. The van der Waals surface area contributed by atoms with Gasteiger partial charge in [0.15, 0.2) is 0 Å². The lowest BCUT2D eigenvalue weighted by Gasteiger charge is -2.36. The molecule has 116 valence electrons. The second-order valence-corrected chi connectivity index (χ2v) is 5.78. The van der Waals surface area contributed by atoms with E-state index in [-0.39, 0.29) is 0 Å². The molecule has 0 atom stereocenters. The third kappa shape index (κ3) is 3.96. The predicted octanol–water partition coefficient (Wildman–Crippen LogP) is 1.28. The number of amides is 2. The van der Waals surface area contributed by atoms with Crippen molar-refractivity contribution in [2.75, 3.05) is 6.54 Å². The molecule has 1 heterocycles. The summed E-state index contributed by atoms with van der Waals surface area (Å²) in [7, 11) is 0. The summed E-state index contributed by atoms with van der Waals surface area (Å²) in [5.74, 6) is -0.430. The molecule has 21 heavy (non-hydrogen) atoms. The third-order valence-electron chi connectivity index (χ3n) is 4.12. The lowest BCUT2D eigenvalue weighted by atomic mass is 9.77. The van der Waals surface area contributed by atoms with Gasteiger partial charge < -0.3 is 20.7 Å². The summed E-state index contributed by atoms with van der Waals surface area (Å²) in [6.07, 6.45) is 6.51. The molecule has 1 aliphatic carbocycles. The molecule has 0 unspecified atom stereocenters. The number of carbonyl (C=O) groups excluding carboxylic acids is 1. The van der Waals surface area contributed by atoms with Gasteiger partial charge in [0, 0.05) is 24.9 Å². The van der Waals surface area contributed by atoms with Crippen molar-refractivity contribution in [1.29, 1.82) is 0 Å². The zero-order valence-corrected chi connectivity index (χ0v) is 12.2. The largest absolute Gasteiger partial charge is 0.480 e. The number of aliphatic carboxylic acids is 1. The van der Waals surface area contributed by atoms with Crippen LogP contribution in [0.3, 0.4) is 0 Å². The molecule has 0 spiro atoms. The topological polar surface area (TPSA) is 107 Å². The second-order valence-electron chi connectivity index (χ2n) is 5.78. The minimum absolute atomic E-state index is 0.425. The van der Waals surface area contributed by atoms with Crippen molar-refractivity contribution in [2.24, 2.45) is 5.92 Å². The fraction of sp³-hybridized carbons (Fsp3) is 0.643. The summed E-state index contributed by atoms with van der Waals surface area (Å²) in [6.45, 7) is 2.54. The molecule has 2 rings (SSSR count). The number of hydrogen-bond donors (Lipinski definition) is 4. The van der Waals surface area contributed by atoms with Gasteiger partial charge in [0.2, 0.25) is 0 Å². The Labute approximate surface area is 123 Å². The van der Waals surface area contributed by atoms with Crippen LogP contribution < -0.4 is 10.6 Å². The van der Waals surface area contributed by atoms with Crippen LogP contribution in [0.2, 0.25) is 0 Å². The maximum absolute atomic E-state index is 11.9. The lowest BCUT2D eigenvalue weighted by Crippen LogP contribution is -2.58. The quantitative estimate of drug-likeness (QED) is 0.656. The van der Waals surface area contributed by atoms with Crippen molar-refractivity contribution in [1.82, 2.24) is 20.6 Å². The maximum Gasteiger partial charge on any atom is 0.329 e. The molecule has 2 amide bonds. The van der Waals surface area contributed by atoms with Gasteiger partial charge >= 0.3 is 12.0 Å². The summed E-state index contributed by atoms with van der Waals surface area (Å²) in [4.78, 5) is 30.3. The minimum atomic E-state index is -1.12. The molecule has 7 heteroatoms. The van der Waals surface area contributed by atoms with Crippen LogP contribution in [0.4, 0.5) is 4.79 Å². The highest BCUT2D eigenvalue weighted by Crippen LogP contribution is 2.32. The first-order valence-electron chi connectivity index (χ1n) is 7.28. The molecular weight excluding hydrogens is 272 g/mol. The number of nitrogens with one attached hydrogen (secondary N) is 3. The van der Waals surface area contributed by atoms with E-state index in [1.165, 1.54) is 0 Å². The number of H-pyrrole nitrogens is 1. The van der Waals surface area contributed by atoms with Gasteiger partial charge in [-0.05, 0) is 31.6 Å². The van der Waals surface area contributed by atoms with E-state index in [0.29, 0.717) is 31.7 Å². The van der Waals surface area contributed by atoms with E-state index in [9.17, 15) is 14.7 Å². The van der Waals surface area contributed by atoms with Gasteiger partial charge in [0.05, 0.1) is 6.33 Å². The summed E-state index contributed by atoms with van der Waals surface area (Å²) in [6, 6.07) is -0.425. The van der Waals surface area contributed by atoms with Crippen molar-refractivity contribution in [3.05, 3.63) is 18.2 Å². The second kappa shape index (κ2) is 6.60. The van der Waals surface area contributed by atoms with Crippen LogP contribution in [0.1, 0.15) is 38.3 Å². The first-order valence-corrected chi connectivity index (χ1v) is 7.28. The molecule has 1 aliphatic rings. The van der Waals surface area contributed by atoms with Crippen molar-refractivity contribution >= 4 is 12.0 Å². The number of urea groups is 1. The van der Waals surface area contributed by atoms with E-state index in [0.717, 1.165) is 18.5 Å². The molecule has 1 aromatic heterocycles. The molecule has 0 bridgehead atoms. The molecule has 7 nitrogen and oxygen atoms in total. The highest BCUT2D eigenvalue weighted by atomic mass is 16.4. The average Bonchev–Trinajstić information content (AvgIpc) is 2.94. The van der Waals surface area contributed by atoms with E-state index in [2.05, 4.69) is 27.5 Å². The van der Waals surface area contributed by atoms with Gasteiger partial charge in [-0.25, -0.2) is 14.6 Å². The van der Waals surface area contributed by atoms with E-state index >= 15 is 0 Å². The van der Waals surface area contributed by atoms with Gasteiger partial charge in [-0.3, -0.25) is 0 Å². The SMILES string of the molecule is CC1CCC(NC(=O)NCCc2cnc[nH]2)(C(=O)O)CC1. The Morgan fingerprint density at radius 3 is 2.76 bits per heavy atom. The summed E-state index contributed by atoms with van der Waals surface area (Å²) in [5.41, 5.74) is -0.195. The molecule has 1 aromatic rings. The molecule has 0 aromatic carbocycles. The molecule has 4 N–H and O–H groups in total.